The van der Waals surface area contributed by atoms with Crippen molar-refractivity contribution < 1.29 is 63.7 Å². The first-order chi connectivity index (χ1) is 27.1. The number of aryl methyl sites for hydroxylation is 2. The molecular formula is C41H30F6N2O8. The second-order valence-electron chi connectivity index (χ2n) is 12.2. The fourth-order valence-corrected chi connectivity index (χ4v) is 5.06. The molecule has 16 heteroatoms. The Morgan fingerprint density at radius 1 is 0.596 bits per heavy atom. The first-order valence-corrected chi connectivity index (χ1v) is 16.9. The van der Waals surface area contributed by atoms with E-state index in [1.165, 1.54) is 42.5 Å². The number of oxazole rings is 2. The zero-order valence-electron chi connectivity index (χ0n) is 29.9. The summed E-state index contributed by atoms with van der Waals surface area (Å²) in [5.41, 5.74) is 0.832. The lowest BCUT2D eigenvalue weighted by Gasteiger charge is -2.08. The monoisotopic (exact) mass is 792 g/mol. The highest BCUT2D eigenvalue weighted by molar-refractivity contribution is 5.95. The van der Waals surface area contributed by atoms with E-state index in [-0.39, 0.29) is 25.0 Å². The topological polar surface area (TPSA) is 123 Å². The van der Waals surface area contributed by atoms with Crippen molar-refractivity contribution in [3.63, 3.8) is 0 Å². The molecule has 0 fully saturated rings. The Bertz CT molecular complexity index is 2350. The van der Waals surface area contributed by atoms with E-state index in [2.05, 4.69) is 9.97 Å². The summed E-state index contributed by atoms with van der Waals surface area (Å²) in [6.07, 6.45) is -6.39. The Morgan fingerprint density at radius 3 is 1.42 bits per heavy atom. The van der Waals surface area contributed by atoms with Crippen molar-refractivity contribution in [3.05, 3.63) is 143 Å². The Morgan fingerprint density at radius 2 is 1.00 bits per heavy atom. The van der Waals surface area contributed by atoms with Gasteiger partial charge in [0.1, 0.15) is 30.5 Å². The highest BCUT2D eigenvalue weighted by atomic mass is 19.4. The fourth-order valence-electron chi connectivity index (χ4n) is 5.06. The van der Waals surface area contributed by atoms with Crippen molar-refractivity contribution in [2.45, 2.75) is 39.4 Å². The first kappa shape index (κ1) is 39.8. The Labute approximate surface area is 320 Å². The van der Waals surface area contributed by atoms with Crippen LogP contribution in [0.15, 0.2) is 112 Å². The SMILES string of the molecule is Cc1nc(-c2ccc(C(F)(F)F)cc2)oc1COc1ccc(/C=C/C(=O)OC(=O)COc2ccc(OCc3oc(-c4ccc(C(F)(F)F)cc4)nc3C)cc2)cc1. The van der Waals surface area contributed by atoms with Gasteiger partial charge in [-0.25, -0.2) is 19.6 Å². The van der Waals surface area contributed by atoms with Gasteiger partial charge in [0.15, 0.2) is 18.1 Å². The molecule has 0 amide bonds. The molecule has 0 atom stereocenters. The van der Waals surface area contributed by atoms with E-state index in [1.807, 2.05) is 0 Å². The molecule has 294 valence electrons. The van der Waals surface area contributed by atoms with Gasteiger partial charge in [-0.1, -0.05) is 12.1 Å². The Balaban J connectivity index is 0.910. The number of benzene rings is 4. The van der Waals surface area contributed by atoms with E-state index in [0.29, 0.717) is 56.8 Å². The van der Waals surface area contributed by atoms with E-state index in [4.69, 9.17) is 27.8 Å². The highest BCUT2D eigenvalue weighted by Crippen LogP contribution is 2.33. The number of halogens is 6. The maximum absolute atomic E-state index is 12.9. The summed E-state index contributed by atoms with van der Waals surface area (Å²) >= 11 is 0. The molecule has 2 heterocycles. The van der Waals surface area contributed by atoms with Crippen molar-refractivity contribution in [2.24, 2.45) is 0 Å². The van der Waals surface area contributed by atoms with E-state index >= 15 is 0 Å². The van der Waals surface area contributed by atoms with Crippen LogP contribution in [0.5, 0.6) is 17.2 Å². The van der Waals surface area contributed by atoms with E-state index < -0.39 is 42.0 Å². The van der Waals surface area contributed by atoms with Gasteiger partial charge in [-0.2, -0.15) is 26.3 Å². The summed E-state index contributed by atoms with van der Waals surface area (Å²) in [5, 5.41) is 0. The minimum Gasteiger partial charge on any atom is -0.486 e. The zero-order valence-corrected chi connectivity index (χ0v) is 29.9. The van der Waals surface area contributed by atoms with Crippen molar-refractivity contribution in [1.82, 2.24) is 9.97 Å². The van der Waals surface area contributed by atoms with Crippen LogP contribution in [-0.2, 0) is 39.9 Å². The number of carbonyl (C=O) groups is 2. The molecule has 0 bridgehead atoms. The molecule has 4 aromatic carbocycles. The van der Waals surface area contributed by atoms with Gasteiger partial charge >= 0.3 is 24.3 Å². The van der Waals surface area contributed by atoms with Crippen LogP contribution in [0.2, 0.25) is 0 Å². The van der Waals surface area contributed by atoms with Gasteiger partial charge in [0.2, 0.25) is 11.8 Å². The van der Waals surface area contributed by atoms with Crippen LogP contribution in [0.4, 0.5) is 26.3 Å². The number of carbonyl (C=O) groups excluding carboxylic acids is 2. The Kier molecular flexibility index (Phi) is 11.8. The third-order valence-corrected chi connectivity index (χ3v) is 8.13. The molecule has 10 nitrogen and oxygen atoms in total. The molecule has 57 heavy (non-hydrogen) atoms. The van der Waals surface area contributed by atoms with Crippen molar-refractivity contribution >= 4 is 18.0 Å². The van der Waals surface area contributed by atoms with Crippen molar-refractivity contribution in [1.29, 1.82) is 0 Å². The molecule has 0 saturated heterocycles. The molecule has 0 aliphatic carbocycles. The molecule has 0 aliphatic rings. The van der Waals surface area contributed by atoms with Crippen LogP contribution < -0.4 is 14.2 Å². The average Bonchev–Trinajstić information content (AvgIpc) is 3.75. The number of nitrogens with zero attached hydrogens (tertiary/aromatic N) is 2. The van der Waals surface area contributed by atoms with Gasteiger partial charge in [0.25, 0.3) is 0 Å². The molecule has 2 aromatic heterocycles. The number of esters is 2. The number of rotatable bonds is 13. The molecular weight excluding hydrogens is 762 g/mol. The van der Waals surface area contributed by atoms with Gasteiger partial charge in [-0.05, 0) is 110 Å². The average molecular weight is 793 g/mol. The zero-order chi connectivity index (χ0) is 40.7. The number of alkyl halides is 6. The molecule has 0 radical (unpaired) electrons. The first-order valence-electron chi connectivity index (χ1n) is 16.9. The van der Waals surface area contributed by atoms with Crippen molar-refractivity contribution in [2.75, 3.05) is 6.61 Å². The second-order valence-corrected chi connectivity index (χ2v) is 12.2. The maximum Gasteiger partial charge on any atom is 0.416 e. The summed E-state index contributed by atoms with van der Waals surface area (Å²) in [4.78, 5) is 32.9. The highest BCUT2D eigenvalue weighted by Gasteiger charge is 2.31. The molecule has 0 aliphatic heterocycles. The van der Waals surface area contributed by atoms with Crippen LogP contribution in [-0.4, -0.2) is 28.5 Å². The number of hydrogen-bond acceptors (Lipinski definition) is 10. The van der Waals surface area contributed by atoms with Crippen LogP contribution in [0.25, 0.3) is 29.0 Å². The quantitative estimate of drug-likeness (QED) is 0.0483. The number of hydrogen-bond donors (Lipinski definition) is 0. The predicted octanol–water partition coefficient (Wildman–Crippen LogP) is 9.97. The van der Waals surface area contributed by atoms with E-state index in [1.54, 1.807) is 50.2 Å². The third kappa shape index (κ3) is 10.7. The largest absolute Gasteiger partial charge is 0.486 e. The van der Waals surface area contributed by atoms with Gasteiger partial charge in [-0.15, -0.1) is 0 Å². The molecule has 6 rings (SSSR count). The van der Waals surface area contributed by atoms with Crippen LogP contribution in [0.1, 0.15) is 39.6 Å². The standard InChI is InChI=1S/C41H30F6N2O8/c1-24-34(55-38(48-24)27-6-10-29(11-7-27)40(42,43)44)21-52-31-14-3-26(4-15-31)5-20-36(50)57-37(51)23-54-33-18-16-32(17-19-33)53-22-35-25(2)49-39(56-35)28-8-12-30(13-9-28)41(45,46)47/h3-20H,21-23H2,1-2H3/b20-5+. The van der Waals surface area contributed by atoms with Gasteiger partial charge in [0, 0.05) is 17.2 Å². The van der Waals surface area contributed by atoms with Crippen LogP contribution in [0, 0.1) is 13.8 Å². The van der Waals surface area contributed by atoms with E-state index in [9.17, 15) is 35.9 Å². The van der Waals surface area contributed by atoms with Gasteiger partial charge in [0.05, 0.1) is 22.5 Å². The second kappa shape index (κ2) is 16.9. The number of ether oxygens (including phenoxy) is 4. The number of aromatic nitrogens is 2. The maximum atomic E-state index is 12.9. The lowest BCUT2D eigenvalue weighted by Crippen LogP contribution is -2.17. The molecule has 6 aromatic rings. The van der Waals surface area contributed by atoms with Crippen LogP contribution >= 0.6 is 0 Å². The lowest BCUT2D eigenvalue weighted by molar-refractivity contribution is -0.157. The molecule has 0 N–H and O–H groups in total. The van der Waals surface area contributed by atoms with Gasteiger partial charge < -0.3 is 27.8 Å². The summed E-state index contributed by atoms with van der Waals surface area (Å²) in [7, 11) is 0. The lowest BCUT2D eigenvalue weighted by atomic mass is 10.1. The minimum absolute atomic E-state index is 0.00649. The Hall–Kier alpha value is -6.84. The molecule has 0 saturated carbocycles. The van der Waals surface area contributed by atoms with Crippen molar-refractivity contribution in [3.8, 4) is 40.2 Å². The minimum atomic E-state index is -4.45. The summed E-state index contributed by atoms with van der Waals surface area (Å²) in [6.45, 7) is 2.82. The smallest absolute Gasteiger partial charge is 0.416 e. The third-order valence-electron chi connectivity index (χ3n) is 8.13. The van der Waals surface area contributed by atoms with Crippen LogP contribution in [0.3, 0.4) is 0 Å². The molecule has 0 spiro atoms. The molecule has 0 unspecified atom stereocenters. The predicted molar refractivity (Wildman–Crippen MR) is 191 cm³/mol. The fraction of sp³-hybridized carbons (Fsp3) is 0.171. The summed E-state index contributed by atoms with van der Waals surface area (Å²) in [6, 6.07) is 21.7. The van der Waals surface area contributed by atoms with Gasteiger partial charge in [-0.3, -0.25) is 0 Å². The normalized spacial score (nSPS) is 11.8. The van der Waals surface area contributed by atoms with E-state index in [0.717, 1.165) is 30.3 Å². The summed E-state index contributed by atoms with van der Waals surface area (Å²) in [5.74, 6) is 0.433. The summed E-state index contributed by atoms with van der Waals surface area (Å²) < 4.78 is 110.